The Morgan fingerprint density at radius 1 is 1.09 bits per heavy atom. The van der Waals surface area contributed by atoms with Crippen LogP contribution in [0.4, 0.5) is 0 Å². The molecule has 3 rings (SSSR count). The molecule has 1 aliphatic rings. The van der Waals surface area contributed by atoms with Gasteiger partial charge in [-0.05, 0) is 0 Å². The van der Waals surface area contributed by atoms with Crippen LogP contribution in [0.1, 0.15) is 20.3 Å². The van der Waals surface area contributed by atoms with Crippen molar-refractivity contribution in [2.45, 2.75) is 20.3 Å². The molecule has 0 amide bonds. The van der Waals surface area contributed by atoms with Crippen LogP contribution in [-0.4, -0.2) is 13.2 Å². The van der Waals surface area contributed by atoms with Gasteiger partial charge in [0.05, 0.1) is 0 Å². The van der Waals surface area contributed by atoms with Crippen molar-refractivity contribution in [3.63, 3.8) is 0 Å². The van der Waals surface area contributed by atoms with Crippen LogP contribution in [0.5, 0.6) is 0 Å². The van der Waals surface area contributed by atoms with Gasteiger partial charge in [-0.2, -0.15) is 23.6 Å². The Labute approximate surface area is 160 Å². The fraction of sp³-hybridized carbons (Fsp3) is 0.250. The number of allylic oxidation sites excluding steroid dienone is 4. The Kier molecular flexibility index (Phi) is 26.9. The fourth-order valence-electron chi connectivity index (χ4n) is 1.41. The van der Waals surface area contributed by atoms with Crippen LogP contribution in [0.3, 0.4) is 0 Å². The molecule has 0 fully saturated rings. The Morgan fingerprint density at radius 3 is 2.04 bits per heavy atom. The number of rotatable bonds is 0. The molecule has 2 aromatic carbocycles. The topological polar surface area (TPSA) is 46.1 Å². The Hall–Kier alpha value is -1.16. The molecule has 0 bridgehead atoms. The molecular weight excluding hydrogens is 451 g/mol. The largest absolute Gasteiger partial charge is 4.00 e. The fourth-order valence-corrected chi connectivity index (χ4v) is 1.41. The van der Waals surface area contributed by atoms with Crippen LogP contribution in [0.25, 0.3) is 10.8 Å². The predicted octanol–water partition coefficient (Wildman–Crippen LogP) is 3.40. The van der Waals surface area contributed by atoms with Gasteiger partial charge in [-0.3, -0.25) is 6.08 Å². The summed E-state index contributed by atoms with van der Waals surface area (Å²) in [5.74, 6) is 0. The summed E-state index contributed by atoms with van der Waals surface area (Å²) >= 11 is 0. The number of hydrogen-bond donors (Lipinski definition) is 0. The van der Waals surface area contributed by atoms with Crippen molar-refractivity contribution in [2.75, 3.05) is 13.2 Å². The molecule has 1 aliphatic carbocycles. The van der Waals surface area contributed by atoms with Crippen LogP contribution in [0.15, 0.2) is 73.9 Å². The zero-order chi connectivity index (χ0) is 17.1. The Balaban J connectivity index is -0.000000248. The van der Waals surface area contributed by atoms with E-state index in [0.29, 0.717) is 0 Å². The van der Waals surface area contributed by atoms with E-state index in [0.717, 1.165) is 6.42 Å². The number of benzene rings is 1. The summed E-state index contributed by atoms with van der Waals surface area (Å²) in [4.78, 5) is 0. The smallest absolute Gasteiger partial charge is 0.855 e. The molecule has 122 valence electrons. The molecule has 0 N–H and O–H groups in total. The van der Waals surface area contributed by atoms with Crippen LogP contribution >= 0.6 is 0 Å². The van der Waals surface area contributed by atoms with Crippen LogP contribution in [0, 0.1) is 6.08 Å². The van der Waals surface area contributed by atoms with E-state index in [1.54, 1.807) is 13.8 Å². The standard InChI is InChI=1S/C9H7.C5H5.2C2H5O.C2H4.Hf/c1-2-5-9-7-3-6-8(9)4-1;1-2-4-5-3-1;2*1-2-3;1-2;/h1-7H;1-3H,4H2;2*2H2,1H3;1-2H2;/q4*-1;;+4. The second-order valence-electron chi connectivity index (χ2n) is 3.74. The first-order valence-corrected chi connectivity index (χ1v) is 7.28. The first-order valence-electron chi connectivity index (χ1n) is 7.28. The van der Waals surface area contributed by atoms with Crippen molar-refractivity contribution in [3.05, 3.63) is 79.9 Å². The first-order chi connectivity index (χ1) is 10.8. The minimum absolute atomic E-state index is 0. The van der Waals surface area contributed by atoms with Crippen molar-refractivity contribution in [2.24, 2.45) is 0 Å². The van der Waals surface area contributed by atoms with Gasteiger partial charge < -0.3 is 10.2 Å². The van der Waals surface area contributed by atoms with Gasteiger partial charge in [-0.15, -0.1) is 62.4 Å². The Bertz CT molecular complexity index is 459. The molecule has 0 spiro atoms. The van der Waals surface area contributed by atoms with E-state index in [9.17, 15) is 0 Å². The van der Waals surface area contributed by atoms with Crippen LogP contribution in [0.2, 0.25) is 0 Å². The second kappa shape index (κ2) is 23.1. The summed E-state index contributed by atoms with van der Waals surface area (Å²) in [6.07, 6.45) is 10.0. The molecule has 3 heteroatoms. The van der Waals surface area contributed by atoms with Gasteiger partial charge in [-0.1, -0.05) is 19.9 Å². The van der Waals surface area contributed by atoms with Crippen LogP contribution < -0.4 is 10.2 Å². The van der Waals surface area contributed by atoms with E-state index in [-0.39, 0.29) is 39.1 Å². The summed E-state index contributed by atoms with van der Waals surface area (Å²) in [5.41, 5.74) is 0. The molecule has 2 aromatic rings. The van der Waals surface area contributed by atoms with E-state index < -0.39 is 0 Å². The normalized spacial score (nSPS) is 9.57. The van der Waals surface area contributed by atoms with Crippen molar-refractivity contribution >= 4 is 10.8 Å². The van der Waals surface area contributed by atoms with Crippen molar-refractivity contribution in [3.8, 4) is 0 Å². The van der Waals surface area contributed by atoms with E-state index in [1.807, 2.05) is 12.2 Å². The van der Waals surface area contributed by atoms with Gasteiger partial charge in [-0.25, -0.2) is 12.2 Å². The van der Waals surface area contributed by atoms with Gasteiger partial charge in [0, 0.05) is 0 Å². The van der Waals surface area contributed by atoms with Gasteiger partial charge in [0.25, 0.3) is 0 Å². The minimum atomic E-state index is 0. The average molecular weight is 477 g/mol. The van der Waals surface area contributed by atoms with E-state index in [1.165, 1.54) is 10.8 Å². The molecule has 0 aromatic heterocycles. The molecule has 0 unspecified atom stereocenters. The Morgan fingerprint density at radius 2 is 1.65 bits per heavy atom. The average Bonchev–Trinajstić information content (AvgIpc) is 3.25. The number of hydrogen-bond acceptors (Lipinski definition) is 2. The summed E-state index contributed by atoms with van der Waals surface area (Å²) in [5, 5.41) is 20.5. The van der Waals surface area contributed by atoms with Gasteiger partial charge in [0.2, 0.25) is 0 Å². The summed E-state index contributed by atoms with van der Waals surface area (Å²) in [6, 6.07) is 14.7. The van der Waals surface area contributed by atoms with E-state index >= 15 is 0 Å². The SMILES string of the molecule is C=C.CC[O-].CC[O-].[C-]1=CC=CC1.[Hf+4].c1ccc2[cH-]ccc2c1. The second-order valence-corrected chi connectivity index (χ2v) is 3.74. The third-order valence-corrected chi connectivity index (χ3v) is 2.13. The van der Waals surface area contributed by atoms with Crippen molar-refractivity contribution < 1.29 is 36.1 Å². The summed E-state index contributed by atoms with van der Waals surface area (Å²) in [6.45, 7) is 9.14. The summed E-state index contributed by atoms with van der Waals surface area (Å²) in [7, 11) is 0. The first kappa shape index (κ1) is 26.7. The maximum Gasteiger partial charge on any atom is 4.00 e. The minimum Gasteiger partial charge on any atom is -0.855 e. The quantitative estimate of drug-likeness (QED) is 0.332. The maximum absolute atomic E-state index is 8.93. The molecule has 23 heavy (non-hydrogen) atoms. The third-order valence-electron chi connectivity index (χ3n) is 2.13. The molecule has 2 nitrogen and oxygen atoms in total. The van der Waals surface area contributed by atoms with Crippen LogP contribution in [-0.2, 0) is 25.8 Å². The molecule has 0 radical (unpaired) electrons. The zero-order valence-electron chi connectivity index (χ0n) is 14.1. The molecular formula is C20H26HfO2. The van der Waals surface area contributed by atoms with Crippen molar-refractivity contribution in [1.29, 1.82) is 0 Å². The molecule has 0 heterocycles. The van der Waals surface area contributed by atoms with Gasteiger partial charge in [0.1, 0.15) is 0 Å². The number of fused-ring (bicyclic) bond motifs is 1. The van der Waals surface area contributed by atoms with E-state index in [2.05, 4.69) is 67.8 Å². The molecule has 0 aliphatic heterocycles. The van der Waals surface area contributed by atoms with Crippen molar-refractivity contribution in [1.82, 2.24) is 0 Å². The summed E-state index contributed by atoms with van der Waals surface area (Å²) < 4.78 is 0. The zero-order valence-corrected chi connectivity index (χ0v) is 17.7. The third kappa shape index (κ3) is 17.0. The molecule has 0 atom stereocenters. The van der Waals surface area contributed by atoms with Gasteiger partial charge >= 0.3 is 25.8 Å². The molecule has 0 saturated carbocycles. The molecule has 0 saturated heterocycles. The predicted molar refractivity (Wildman–Crippen MR) is 93.4 cm³/mol. The van der Waals surface area contributed by atoms with Gasteiger partial charge in [0.15, 0.2) is 0 Å². The monoisotopic (exact) mass is 478 g/mol. The maximum atomic E-state index is 8.93. The van der Waals surface area contributed by atoms with E-state index in [4.69, 9.17) is 10.2 Å².